The average molecular weight is 400 g/mol. The summed E-state index contributed by atoms with van der Waals surface area (Å²) in [6.07, 6.45) is -2.36. The van der Waals surface area contributed by atoms with Crippen LogP contribution in [0.1, 0.15) is 47.5 Å². The van der Waals surface area contributed by atoms with Crippen LogP contribution in [0.25, 0.3) is 0 Å². The van der Waals surface area contributed by atoms with Crippen LogP contribution in [-0.2, 0) is 23.9 Å². The van der Waals surface area contributed by atoms with Crippen LogP contribution in [0.3, 0.4) is 0 Å². The first kappa shape index (κ1) is 28.5. The highest BCUT2D eigenvalue weighted by Crippen LogP contribution is 2.19. The molecule has 3 N–H and O–H groups in total. The number of carbonyl (C=O) groups excluding carboxylic acids is 3. The van der Waals surface area contributed by atoms with Crippen LogP contribution in [0.4, 0.5) is 0 Å². The Balaban J connectivity index is -0.00000242. The summed E-state index contributed by atoms with van der Waals surface area (Å²) >= 11 is 0. The first-order valence-corrected chi connectivity index (χ1v) is 7.34. The van der Waals surface area contributed by atoms with Gasteiger partial charge in [0, 0.05) is 0 Å². The summed E-state index contributed by atoms with van der Waals surface area (Å²) in [6.45, 7) is 7.82. The number of carboxylic acid groups (broad SMARTS) is 1. The van der Waals surface area contributed by atoms with Gasteiger partial charge in [0.15, 0.2) is 11.4 Å². The third-order valence-corrected chi connectivity index (χ3v) is 3.04. The zero-order valence-electron chi connectivity index (χ0n) is 15.1. The third kappa shape index (κ3) is 10.4. The normalized spacial score (nSPS) is 13.8. The van der Waals surface area contributed by atoms with Gasteiger partial charge in [-0.05, 0) is 26.7 Å². The van der Waals surface area contributed by atoms with Crippen molar-refractivity contribution in [2.75, 3.05) is 0 Å². The van der Waals surface area contributed by atoms with E-state index in [9.17, 15) is 24.3 Å². The minimum atomic E-state index is -2.49. The number of rotatable bonds is 9. The number of nitrogens with one attached hydrogen (secondary N) is 1. The van der Waals surface area contributed by atoms with E-state index in [0.29, 0.717) is 0 Å². The summed E-state index contributed by atoms with van der Waals surface area (Å²) in [5.74, 6) is -3.91. The number of carboxylic acids is 1. The van der Waals surface area contributed by atoms with Crippen LogP contribution >= 0.6 is 27.0 Å². The van der Waals surface area contributed by atoms with Gasteiger partial charge < -0.3 is 20.3 Å². The van der Waals surface area contributed by atoms with Crippen molar-refractivity contribution in [1.29, 1.82) is 0 Å². The lowest BCUT2D eigenvalue weighted by Crippen LogP contribution is -2.50. The summed E-state index contributed by atoms with van der Waals surface area (Å²) in [5.41, 5.74) is -2.49. The van der Waals surface area contributed by atoms with E-state index in [4.69, 9.17) is 9.84 Å². The first-order valence-electron chi connectivity index (χ1n) is 7.34. The Kier molecular flexibility index (Phi) is 13.9. The van der Waals surface area contributed by atoms with Crippen LogP contribution < -0.4 is 5.32 Å². The molecule has 148 valence electrons. The minimum absolute atomic E-state index is 0. The number of ketones is 1. The van der Waals surface area contributed by atoms with E-state index in [1.54, 1.807) is 13.8 Å². The third-order valence-electron chi connectivity index (χ3n) is 3.04. The molecule has 0 spiro atoms. The fourth-order valence-electron chi connectivity index (χ4n) is 2.01. The molecule has 0 bridgehead atoms. The second-order valence-corrected chi connectivity index (χ2v) is 6.13. The second kappa shape index (κ2) is 12.2. The Morgan fingerprint density at radius 3 is 1.84 bits per heavy atom. The van der Waals surface area contributed by atoms with E-state index in [0.717, 1.165) is 0 Å². The van der Waals surface area contributed by atoms with Crippen molar-refractivity contribution in [3.8, 4) is 0 Å². The van der Waals surface area contributed by atoms with Gasteiger partial charge in [-0.1, -0.05) is 13.8 Å². The Morgan fingerprint density at radius 1 is 1.04 bits per heavy atom. The molecule has 10 heteroatoms. The van der Waals surface area contributed by atoms with Crippen molar-refractivity contribution in [2.24, 2.45) is 5.92 Å². The molecule has 0 unspecified atom stereocenters. The predicted octanol–water partition coefficient (Wildman–Crippen LogP) is 0.489. The molecule has 0 aliphatic carbocycles. The Bertz CT molecular complexity index is 483. The number of hydrogen-bond donors (Lipinski definition) is 3. The van der Waals surface area contributed by atoms with Gasteiger partial charge in [-0.15, -0.1) is 0 Å². The molecule has 0 saturated carbocycles. The Hall–Kier alpha value is -1.26. The van der Waals surface area contributed by atoms with E-state index in [-0.39, 0.29) is 38.7 Å². The van der Waals surface area contributed by atoms with Crippen LogP contribution in [-0.4, -0.2) is 51.6 Å². The molecule has 0 heterocycles. The van der Waals surface area contributed by atoms with Crippen LogP contribution in [0.5, 0.6) is 0 Å². The van der Waals surface area contributed by atoms with Crippen molar-refractivity contribution in [3.05, 3.63) is 0 Å². The van der Waals surface area contributed by atoms with Crippen LogP contribution in [0.15, 0.2) is 0 Å². The summed E-state index contributed by atoms with van der Waals surface area (Å²) in [5, 5.41) is 21.5. The molecular formula is C15H29NO7S2. The highest BCUT2D eigenvalue weighted by molar-refractivity contribution is 7.59. The molecule has 0 radical (unpaired) electrons. The largest absolute Gasteiger partial charge is 0.481 e. The molecule has 0 aromatic heterocycles. The lowest BCUT2D eigenvalue weighted by molar-refractivity contribution is -0.176. The van der Waals surface area contributed by atoms with Crippen LogP contribution in [0.2, 0.25) is 0 Å². The van der Waals surface area contributed by atoms with Gasteiger partial charge in [-0.3, -0.25) is 14.4 Å². The van der Waals surface area contributed by atoms with E-state index < -0.39 is 48.4 Å². The lowest BCUT2D eigenvalue weighted by Gasteiger charge is -2.26. The molecule has 0 aromatic rings. The van der Waals surface area contributed by atoms with Gasteiger partial charge >= 0.3 is 11.9 Å². The second-order valence-electron chi connectivity index (χ2n) is 6.13. The standard InChI is InChI=1S/C15H25NO7.2H2S/c1-8(2)13(10(5)17)16-11(18)6-15(22,7-12(19)20)14(21)23-9(3)4;;/h8-9,13,22H,6-7H2,1-5H3,(H,16,18)(H,19,20);2*1H2/t13-,15+;;/m0../s1. The molecule has 2 atom stereocenters. The molecular weight excluding hydrogens is 370 g/mol. The number of aliphatic hydroxyl groups is 1. The maximum absolute atomic E-state index is 12.0. The van der Waals surface area contributed by atoms with Gasteiger partial charge in [0.2, 0.25) is 5.91 Å². The topological polar surface area (TPSA) is 130 Å². The van der Waals surface area contributed by atoms with Gasteiger partial charge in [0.05, 0.1) is 25.0 Å². The molecule has 0 saturated heterocycles. The molecule has 0 fully saturated rings. The quantitative estimate of drug-likeness (QED) is 0.481. The van der Waals surface area contributed by atoms with Gasteiger partial charge in [0.1, 0.15) is 0 Å². The monoisotopic (exact) mass is 399 g/mol. The number of Topliss-reactive ketones (excluding diaryl/α,β-unsaturated/α-hetero) is 1. The Labute approximate surface area is 161 Å². The summed E-state index contributed by atoms with van der Waals surface area (Å²) < 4.78 is 4.82. The highest BCUT2D eigenvalue weighted by atomic mass is 32.1. The average Bonchev–Trinajstić information content (AvgIpc) is 2.33. The maximum atomic E-state index is 12.0. The summed E-state index contributed by atoms with van der Waals surface area (Å²) in [7, 11) is 0. The van der Waals surface area contributed by atoms with E-state index in [1.165, 1.54) is 20.8 Å². The van der Waals surface area contributed by atoms with E-state index >= 15 is 0 Å². The zero-order chi connectivity index (χ0) is 18.4. The van der Waals surface area contributed by atoms with Gasteiger partial charge in [-0.25, -0.2) is 4.79 Å². The lowest BCUT2D eigenvalue weighted by atomic mass is 9.94. The Morgan fingerprint density at radius 2 is 1.52 bits per heavy atom. The smallest absolute Gasteiger partial charge is 0.339 e. The number of amides is 1. The number of esters is 1. The fraction of sp³-hybridized carbons (Fsp3) is 0.733. The van der Waals surface area contributed by atoms with Crippen molar-refractivity contribution in [3.63, 3.8) is 0 Å². The number of ether oxygens (including phenoxy) is 1. The van der Waals surface area contributed by atoms with Crippen LogP contribution in [0, 0.1) is 5.92 Å². The molecule has 25 heavy (non-hydrogen) atoms. The van der Waals surface area contributed by atoms with E-state index in [1.807, 2.05) is 0 Å². The molecule has 0 aliphatic rings. The molecule has 0 aliphatic heterocycles. The zero-order valence-corrected chi connectivity index (χ0v) is 17.1. The number of carbonyl (C=O) groups is 4. The van der Waals surface area contributed by atoms with Crippen molar-refractivity contribution in [2.45, 2.75) is 65.2 Å². The molecule has 1 amide bonds. The fourth-order valence-corrected chi connectivity index (χ4v) is 2.01. The molecule has 8 nitrogen and oxygen atoms in total. The SMILES string of the molecule is CC(=O)[C@@H](NC(=O)C[C@@](O)(CC(=O)O)C(=O)OC(C)C)C(C)C.S.S. The van der Waals surface area contributed by atoms with Gasteiger partial charge in [-0.2, -0.15) is 27.0 Å². The van der Waals surface area contributed by atoms with Crippen molar-refractivity contribution < 1.29 is 34.1 Å². The van der Waals surface area contributed by atoms with Crippen molar-refractivity contribution in [1.82, 2.24) is 5.32 Å². The number of aliphatic carboxylic acids is 1. The first-order chi connectivity index (χ1) is 10.4. The number of hydrogen-bond acceptors (Lipinski definition) is 6. The van der Waals surface area contributed by atoms with Crippen molar-refractivity contribution >= 4 is 50.6 Å². The molecule has 0 rings (SSSR count). The summed E-state index contributed by atoms with van der Waals surface area (Å²) in [4.78, 5) is 46.3. The highest BCUT2D eigenvalue weighted by Gasteiger charge is 2.43. The molecule has 0 aromatic carbocycles. The van der Waals surface area contributed by atoms with E-state index in [2.05, 4.69) is 5.32 Å². The predicted molar refractivity (Wildman–Crippen MR) is 101 cm³/mol. The van der Waals surface area contributed by atoms with Gasteiger partial charge in [0.25, 0.3) is 0 Å². The minimum Gasteiger partial charge on any atom is -0.481 e. The maximum Gasteiger partial charge on any atom is 0.339 e. The summed E-state index contributed by atoms with van der Waals surface area (Å²) in [6, 6.07) is -0.780.